The Morgan fingerprint density at radius 1 is 1.14 bits per heavy atom. The maximum atomic E-state index is 12.7. The van der Waals surface area contributed by atoms with Crippen molar-refractivity contribution >= 4 is 29.3 Å². The number of benzene rings is 2. The van der Waals surface area contributed by atoms with Crippen molar-refractivity contribution < 1.29 is 22.8 Å². The molecule has 2 atom stereocenters. The zero-order valence-corrected chi connectivity index (χ0v) is 15.7. The number of para-hydroxylation sites is 1. The molecule has 0 unspecified atom stereocenters. The quantitative estimate of drug-likeness (QED) is 0.771. The maximum absolute atomic E-state index is 12.7. The first-order valence-electron chi connectivity index (χ1n) is 9.36. The van der Waals surface area contributed by atoms with E-state index in [2.05, 4.69) is 10.2 Å². The van der Waals surface area contributed by atoms with Gasteiger partial charge in [0.15, 0.2) is 0 Å². The smallest absolute Gasteiger partial charge is 0.363 e. The molecule has 29 heavy (non-hydrogen) atoms. The zero-order valence-electron chi connectivity index (χ0n) is 15.7. The fraction of sp³-hybridized carbons (Fsp3) is 0.333. The molecule has 0 bridgehead atoms. The maximum Gasteiger partial charge on any atom is 0.471 e. The highest BCUT2D eigenvalue weighted by molar-refractivity contribution is 5.87. The van der Waals surface area contributed by atoms with E-state index in [0.29, 0.717) is 24.9 Å². The minimum absolute atomic E-state index is 0.190. The monoisotopic (exact) mass is 403 g/mol. The van der Waals surface area contributed by atoms with Crippen LogP contribution in [-0.2, 0) is 4.79 Å². The van der Waals surface area contributed by atoms with E-state index in [1.165, 1.54) is 0 Å². The SMILES string of the molecule is CN1c2ccccc2[C@@H]2C[C@@H](NC(=O)C(F)(F)F)CCN2c2ccc(C=O)cc21. The van der Waals surface area contributed by atoms with Crippen molar-refractivity contribution in [3.63, 3.8) is 0 Å². The highest BCUT2D eigenvalue weighted by atomic mass is 19.4. The average Bonchev–Trinajstić information content (AvgIpc) is 2.81. The Morgan fingerprint density at radius 2 is 1.90 bits per heavy atom. The summed E-state index contributed by atoms with van der Waals surface area (Å²) in [6.45, 7) is 0.489. The van der Waals surface area contributed by atoms with Gasteiger partial charge in [-0.1, -0.05) is 18.2 Å². The number of nitrogens with one attached hydrogen (secondary N) is 1. The first-order chi connectivity index (χ1) is 13.8. The third-order valence-electron chi connectivity index (χ3n) is 5.66. The van der Waals surface area contributed by atoms with Crippen LogP contribution in [0.4, 0.5) is 30.2 Å². The van der Waals surface area contributed by atoms with E-state index in [9.17, 15) is 22.8 Å². The second-order valence-electron chi connectivity index (χ2n) is 7.39. The van der Waals surface area contributed by atoms with Gasteiger partial charge in [0.25, 0.3) is 0 Å². The molecule has 2 aliphatic heterocycles. The van der Waals surface area contributed by atoms with E-state index >= 15 is 0 Å². The molecule has 0 radical (unpaired) electrons. The number of halogens is 3. The topological polar surface area (TPSA) is 52.7 Å². The number of anilines is 3. The summed E-state index contributed by atoms with van der Waals surface area (Å²) < 4.78 is 38.1. The summed E-state index contributed by atoms with van der Waals surface area (Å²) in [7, 11) is 1.91. The Labute approximate surface area is 166 Å². The van der Waals surface area contributed by atoms with Crippen molar-refractivity contribution in [3.05, 3.63) is 53.6 Å². The van der Waals surface area contributed by atoms with Gasteiger partial charge in [-0.3, -0.25) is 9.59 Å². The number of amides is 1. The van der Waals surface area contributed by atoms with Crippen LogP contribution in [0, 0.1) is 0 Å². The molecule has 8 heteroatoms. The lowest BCUT2D eigenvalue weighted by Crippen LogP contribution is -2.49. The first kappa shape index (κ1) is 19.3. The minimum Gasteiger partial charge on any atom is -0.363 e. The number of nitrogens with zero attached hydrogens (tertiary/aromatic N) is 2. The van der Waals surface area contributed by atoms with Crippen molar-refractivity contribution in [1.29, 1.82) is 0 Å². The van der Waals surface area contributed by atoms with Gasteiger partial charge >= 0.3 is 12.1 Å². The molecule has 0 aromatic heterocycles. The van der Waals surface area contributed by atoms with E-state index in [4.69, 9.17) is 0 Å². The van der Waals surface area contributed by atoms with Gasteiger partial charge < -0.3 is 15.1 Å². The summed E-state index contributed by atoms with van der Waals surface area (Å²) in [5, 5.41) is 2.15. The second kappa shape index (κ2) is 7.09. The Hall–Kier alpha value is -3.03. The van der Waals surface area contributed by atoms with E-state index in [1.807, 2.05) is 48.3 Å². The lowest BCUT2D eigenvalue weighted by Gasteiger charge is -2.41. The Balaban J connectivity index is 1.74. The molecular weight excluding hydrogens is 383 g/mol. The van der Waals surface area contributed by atoms with Crippen LogP contribution < -0.4 is 15.1 Å². The molecule has 1 amide bonds. The molecule has 152 valence electrons. The molecule has 0 spiro atoms. The number of carbonyl (C=O) groups excluding carboxylic acids is 2. The van der Waals surface area contributed by atoms with E-state index in [0.717, 1.165) is 28.9 Å². The number of carbonyl (C=O) groups is 2. The molecule has 5 nitrogen and oxygen atoms in total. The van der Waals surface area contributed by atoms with Gasteiger partial charge in [-0.25, -0.2) is 0 Å². The Morgan fingerprint density at radius 3 is 2.62 bits per heavy atom. The molecule has 1 saturated heterocycles. The fourth-order valence-electron chi connectivity index (χ4n) is 4.28. The number of piperidine rings is 1. The van der Waals surface area contributed by atoms with Crippen molar-refractivity contribution in [3.8, 4) is 0 Å². The normalized spacial score (nSPS) is 20.8. The van der Waals surface area contributed by atoms with Crippen molar-refractivity contribution in [2.45, 2.75) is 31.1 Å². The zero-order chi connectivity index (χ0) is 20.8. The number of aldehydes is 1. The number of hydrogen-bond acceptors (Lipinski definition) is 4. The van der Waals surface area contributed by atoms with Gasteiger partial charge in [0.2, 0.25) is 0 Å². The summed E-state index contributed by atoms with van der Waals surface area (Å²) in [5.41, 5.74) is 4.23. The molecule has 0 saturated carbocycles. The van der Waals surface area contributed by atoms with Gasteiger partial charge in [0.1, 0.15) is 6.29 Å². The second-order valence-corrected chi connectivity index (χ2v) is 7.39. The number of hydrogen-bond donors (Lipinski definition) is 1. The number of alkyl halides is 3. The van der Waals surface area contributed by atoms with Crippen LogP contribution in [0.25, 0.3) is 0 Å². The molecular formula is C21H20F3N3O2. The van der Waals surface area contributed by atoms with Crippen LogP contribution in [-0.4, -0.2) is 38.0 Å². The molecule has 1 fully saturated rings. The summed E-state index contributed by atoms with van der Waals surface area (Å²) >= 11 is 0. The predicted octanol–water partition coefficient (Wildman–Crippen LogP) is 3.97. The van der Waals surface area contributed by atoms with Gasteiger partial charge in [-0.15, -0.1) is 0 Å². The third kappa shape index (κ3) is 3.43. The molecule has 1 N–H and O–H groups in total. The fourth-order valence-corrected chi connectivity index (χ4v) is 4.28. The molecule has 0 aliphatic carbocycles. The van der Waals surface area contributed by atoms with Crippen LogP contribution >= 0.6 is 0 Å². The van der Waals surface area contributed by atoms with Crippen LogP contribution in [0.2, 0.25) is 0 Å². The van der Waals surface area contributed by atoms with Gasteiger partial charge in [-0.05, 0) is 42.7 Å². The van der Waals surface area contributed by atoms with E-state index < -0.39 is 18.1 Å². The van der Waals surface area contributed by atoms with Crippen LogP contribution in [0.3, 0.4) is 0 Å². The molecule has 2 aliphatic rings. The Kier molecular flexibility index (Phi) is 4.72. The average molecular weight is 403 g/mol. The standard InChI is InChI=1S/C21H20F3N3O2/c1-26-16-5-3-2-4-15(16)18-11-14(25-20(29)21(22,23)24)8-9-27(18)17-7-6-13(12-28)10-19(17)26/h2-7,10,12,14,18H,8-9,11H2,1H3,(H,25,29)/t14-,18-/m0/s1. The molecule has 2 heterocycles. The summed E-state index contributed by atoms with van der Waals surface area (Å²) in [5.74, 6) is -1.90. The highest BCUT2D eigenvalue weighted by Gasteiger charge is 2.42. The predicted molar refractivity (Wildman–Crippen MR) is 104 cm³/mol. The molecule has 2 aromatic carbocycles. The summed E-state index contributed by atoms with van der Waals surface area (Å²) in [4.78, 5) is 26.9. The summed E-state index contributed by atoms with van der Waals surface area (Å²) in [6.07, 6.45) is -3.33. The highest BCUT2D eigenvalue weighted by Crippen LogP contribution is 2.48. The summed E-state index contributed by atoms with van der Waals surface area (Å²) in [6, 6.07) is 12.4. The van der Waals surface area contributed by atoms with Crippen LogP contribution in [0.15, 0.2) is 42.5 Å². The largest absolute Gasteiger partial charge is 0.471 e. The van der Waals surface area contributed by atoms with Crippen molar-refractivity contribution in [2.75, 3.05) is 23.4 Å². The van der Waals surface area contributed by atoms with Gasteiger partial charge in [0.05, 0.1) is 17.4 Å². The first-order valence-corrected chi connectivity index (χ1v) is 9.36. The van der Waals surface area contributed by atoms with Crippen LogP contribution in [0.5, 0.6) is 0 Å². The van der Waals surface area contributed by atoms with E-state index in [-0.39, 0.29) is 6.04 Å². The molecule has 4 rings (SSSR count). The minimum atomic E-state index is -4.89. The number of rotatable bonds is 2. The lowest BCUT2D eigenvalue weighted by molar-refractivity contribution is -0.174. The van der Waals surface area contributed by atoms with Crippen LogP contribution in [0.1, 0.15) is 34.8 Å². The van der Waals surface area contributed by atoms with Gasteiger partial charge in [0, 0.05) is 30.9 Å². The van der Waals surface area contributed by atoms with E-state index in [1.54, 1.807) is 6.07 Å². The lowest BCUT2D eigenvalue weighted by atomic mass is 9.90. The Bertz CT molecular complexity index is 960. The third-order valence-corrected chi connectivity index (χ3v) is 5.66. The van der Waals surface area contributed by atoms with Crippen molar-refractivity contribution in [2.24, 2.45) is 0 Å². The molecule has 2 aromatic rings. The van der Waals surface area contributed by atoms with Gasteiger partial charge in [-0.2, -0.15) is 13.2 Å². The van der Waals surface area contributed by atoms with Crippen molar-refractivity contribution in [1.82, 2.24) is 5.32 Å². The number of fused-ring (bicyclic) bond motifs is 5.